The summed E-state index contributed by atoms with van der Waals surface area (Å²) in [4.78, 5) is 0. The minimum Gasteiger partial charge on any atom is -0.397 e. The molecule has 5 nitrogen and oxygen atoms in total. The van der Waals surface area contributed by atoms with Gasteiger partial charge in [-0.3, -0.25) is 4.72 Å². The van der Waals surface area contributed by atoms with Gasteiger partial charge in [0.15, 0.2) is 0 Å². The van der Waals surface area contributed by atoms with Crippen LogP contribution in [0.2, 0.25) is 0 Å². The lowest BCUT2D eigenvalue weighted by Gasteiger charge is -2.19. The second-order valence-electron chi connectivity index (χ2n) is 4.58. The van der Waals surface area contributed by atoms with Crippen molar-refractivity contribution in [3.63, 3.8) is 0 Å². The second kappa shape index (κ2) is 6.11. The molecule has 0 fully saturated rings. The zero-order chi connectivity index (χ0) is 15.5. The van der Waals surface area contributed by atoms with E-state index in [-0.39, 0.29) is 17.9 Å². The number of nitrogen functional groups attached to an aromatic ring is 1. The van der Waals surface area contributed by atoms with E-state index in [0.717, 1.165) is 15.9 Å². The fraction of sp³-hybridized carbons (Fsp3) is 0.143. The van der Waals surface area contributed by atoms with Crippen LogP contribution < -0.4 is 10.5 Å². The van der Waals surface area contributed by atoms with Gasteiger partial charge in [-0.05, 0) is 17.7 Å². The number of benzene rings is 2. The number of hydrogen-bond acceptors (Lipinski definition) is 3. The van der Waals surface area contributed by atoms with Crippen LogP contribution in [0.25, 0.3) is 0 Å². The second-order valence-corrected chi connectivity index (χ2v) is 6.36. The molecule has 0 unspecified atom stereocenters. The summed E-state index contributed by atoms with van der Waals surface area (Å²) in [6.45, 7) is 0.200. The molecular formula is C14H16FN3O2S. The normalized spacial score (nSPS) is 11.6. The van der Waals surface area contributed by atoms with Gasteiger partial charge in [0.1, 0.15) is 5.82 Å². The number of rotatable bonds is 5. The van der Waals surface area contributed by atoms with Gasteiger partial charge in [0.25, 0.3) is 0 Å². The third-order valence-electron chi connectivity index (χ3n) is 2.91. The Bertz CT molecular complexity index is 720. The molecule has 0 aliphatic heterocycles. The Kier molecular flexibility index (Phi) is 4.44. The molecule has 0 bridgehead atoms. The van der Waals surface area contributed by atoms with Gasteiger partial charge in [-0.1, -0.05) is 30.3 Å². The van der Waals surface area contributed by atoms with Crippen LogP contribution in [0.5, 0.6) is 0 Å². The van der Waals surface area contributed by atoms with Crippen LogP contribution in [-0.2, 0) is 16.8 Å². The zero-order valence-corrected chi connectivity index (χ0v) is 12.3. The molecule has 0 aliphatic rings. The van der Waals surface area contributed by atoms with Crippen molar-refractivity contribution >= 4 is 21.6 Å². The van der Waals surface area contributed by atoms with E-state index in [1.807, 2.05) is 30.3 Å². The fourth-order valence-corrected chi connectivity index (χ4v) is 2.69. The van der Waals surface area contributed by atoms with E-state index < -0.39 is 16.0 Å². The van der Waals surface area contributed by atoms with E-state index in [1.165, 1.54) is 19.2 Å². The van der Waals surface area contributed by atoms with Gasteiger partial charge in [-0.15, -0.1) is 0 Å². The number of nitrogens with two attached hydrogens (primary N) is 1. The molecule has 7 heteroatoms. The monoisotopic (exact) mass is 309 g/mol. The average Bonchev–Trinajstić information content (AvgIpc) is 2.43. The Balaban J connectivity index is 2.16. The standard InChI is InChI=1S/C14H16FN3O2S/c1-18(10-11-5-3-2-4-6-11)21(19,20)17-14-9-12(15)7-8-13(14)16/h2-9,17H,10,16H2,1H3. The zero-order valence-electron chi connectivity index (χ0n) is 11.5. The maximum Gasteiger partial charge on any atom is 0.301 e. The summed E-state index contributed by atoms with van der Waals surface area (Å²) in [5, 5.41) is 0. The molecule has 21 heavy (non-hydrogen) atoms. The molecule has 0 amide bonds. The van der Waals surface area contributed by atoms with Crippen LogP contribution in [0.4, 0.5) is 15.8 Å². The SMILES string of the molecule is CN(Cc1ccccc1)S(=O)(=O)Nc1cc(F)ccc1N. The van der Waals surface area contributed by atoms with Crippen molar-refractivity contribution in [2.45, 2.75) is 6.54 Å². The molecular weight excluding hydrogens is 293 g/mol. The summed E-state index contributed by atoms with van der Waals surface area (Å²) < 4.78 is 41.0. The van der Waals surface area contributed by atoms with Crippen molar-refractivity contribution in [2.24, 2.45) is 0 Å². The van der Waals surface area contributed by atoms with Gasteiger partial charge in [0, 0.05) is 19.7 Å². The van der Waals surface area contributed by atoms with Crippen LogP contribution in [-0.4, -0.2) is 19.8 Å². The van der Waals surface area contributed by atoms with E-state index in [0.29, 0.717) is 0 Å². The molecule has 0 radical (unpaired) electrons. The largest absolute Gasteiger partial charge is 0.397 e. The van der Waals surface area contributed by atoms with Crippen LogP contribution in [0.3, 0.4) is 0 Å². The van der Waals surface area contributed by atoms with Crippen LogP contribution in [0.15, 0.2) is 48.5 Å². The van der Waals surface area contributed by atoms with Crippen molar-refractivity contribution in [2.75, 3.05) is 17.5 Å². The van der Waals surface area contributed by atoms with Crippen molar-refractivity contribution in [3.05, 3.63) is 59.9 Å². The minimum atomic E-state index is -3.81. The summed E-state index contributed by atoms with van der Waals surface area (Å²) >= 11 is 0. The van der Waals surface area contributed by atoms with E-state index in [4.69, 9.17) is 5.73 Å². The van der Waals surface area contributed by atoms with Gasteiger partial charge >= 0.3 is 10.2 Å². The quantitative estimate of drug-likeness (QED) is 0.831. The first-order valence-electron chi connectivity index (χ1n) is 6.21. The van der Waals surface area contributed by atoms with Gasteiger partial charge in [-0.2, -0.15) is 12.7 Å². The van der Waals surface area contributed by atoms with Gasteiger partial charge in [-0.25, -0.2) is 4.39 Å². The first-order valence-corrected chi connectivity index (χ1v) is 7.65. The number of halogens is 1. The highest BCUT2D eigenvalue weighted by Gasteiger charge is 2.19. The van der Waals surface area contributed by atoms with Crippen molar-refractivity contribution < 1.29 is 12.8 Å². The van der Waals surface area contributed by atoms with Gasteiger partial charge in [0.05, 0.1) is 11.4 Å². The number of anilines is 2. The Morgan fingerprint density at radius 3 is 2.52 bits per heavy atom. The molecule has 0 aromatic heterocycles. The summed E-state index contributed by atoms with van der Waals surface area (Å²) in [6.07, 6.45) is 0. The lowest BCUT2D eigenvalue weighted by molar-refractivity contribution is 0.471. The Labute approximate surface area is 123 Å². The number of nitrogens with zero attached hydrogens (tertiary/aromatic N) is 1. The highest BCUT2D eigenvalue weighted by Crippen LogP contribution is 2.21. The molecule has 2 aromatic rings. The van der Waals surface area contributed by atoms with Crippen molar-refractivity contribution in [3.8, 4) is 0 Å². The molecule has 112 valence electrons. The van der Waals surface area contributed by atoms with Crippen LogP contribution >= 0.6 is 0 Å². The third-order valence-corrected chi connectivity index (χ3v) is 4.34. The summed E-state index contributed by atoms with van der Waals surface area (Å²) in [7, 11) is -2.38. The fourth-order valence-electron chi connectivity index (χ4n) is 1.76. The molecule has 0 spiro atoms. The van der Waals surface area contributed by atoms with Gasteiger partial charge < -0.3 is 5.73 Å². The number of hydrogen-bond donors (Lipinski definition) is 2. The van der Waals surface area contributed by atoms with E-state index in [1.54, 1.807) is 0 Å². The van der Waals surface area contributed by atoms with E-state index in [9.17, 15) is 12.8 Å². The molecule has 2 rings (SSSR count). The molecule has 3 N–H and O–H groups in total. The summed E-state index contributed by atoms with van der Waals surface area (Å²) in [5.74, 6) is -0.562. The molecule has 0 saturated heterocycles. The van der Waals surface area contributed by atoms with Crippen molar-refractivity contribution in [1.29, 1.82) is 0 Å². The molecule has 0 saturated carbocycles. The average molecular weight is 309 g/mol. The molecule has 0 aliphatic carbocycles. The van der Waals surface area contributed by atoms with E-state index in [2.05, 4.69) is 4.72 Å². The topological polar surface area (TPSA) is 75.4 Å². The first kappa shape index (κ1) is 15.3. The highest BCUT2D eigenvalue weighted by atomic mass is 32.2. The van der Waals surface area contributed by atoms with E-state index >= 15 is 0 Å². The Hall–Kier alpha value is -2.12. The predicted molar refractivity (Wildman–Crippen MR) is 81.3 cm³/mol. The van der Waals surface area contributed by atoms with Gasteiger partial charge in [0.2, 0.25) is 0 Å². The molecule has 0 atom stereocenters. The number of nitrogens with one attached hydrogen (secondary N) is 1. The maximum atomic E-state index is 13.2. The molecule has 2 aromatic carbocycles. The smallest absolute Gasteiger partial charge is 0.301 e. The lowest BCUT2D eigenvalue weighted by Crippen LogP contribution is -2.32. The Morgan fingerprint density at radius 2 is 1.86 bits per heavy atom. The lowest BCUT2D eigenvalue weighted by atomic mass is 10.2. The molecule has 0 heterocycles. The van der Waals surface area contributed by atoms with Crippen LogP contribution in [0, 0.1) is 5.82 Å². The van der Waals surface area contributed by atoms with Crippen LogP contribution in [0.1, 0.15) is 5.56 Å². The summed E-state index contributed by atoms with van der Waals surface area (Å²) in [5.41, 5.74) is 6.67. The predicted octanol–water partition coefficient (Wildman–Crippen LogP) is 2.20. The maximum absolute atomic E-state index is 13.2. The minimum absolute atomic E-state index is 0.0231. The third kappa shape index (κ3) is 3.93. The highest BCUT2D eigenvalue weighted by molar-refractivity contribution is 7.90. The summed E-state index contributed by atoms with van der Waals surface area (Å²) in [6, 6.07) is 12.7. The van der Waals surface area contributed by atoms with Crippen molar-refractivity contribution in [1.82, 2.24) is 4.31 Å². The Morgan fingerprint density at radius 1 is 1.19 bits per heavy atom. The first-order chi connectivity index (χ1) is 9.88.